The van der Waals surface area contributed by atoms with Crippen LogP contribution in [0.3, 0.4) is 0 Å². The fourth-order valence-electron chi connectivity index (χ4n) is 2.21. The van der Waals surface area contributed by atoms with Gasteiger partial charge in [0.15, 0.2) is 0 Å². The molecule has 1 fully saturated rings. The Kier molecular flexibility index (Phi) is 4.94. The zero-order valence-electron chi connectivity index (χ0n) is 8.61. The molecule has 0 aromatic heterocycles. The molecule has 0 spiro atoms. The lowest BCUT2D eigenvalue weighted by atomic mass is 9.85. The third kappa shape index (κ3) is 4.61. The second kappa shape index (κ2) is 6.02. The van der Waals surface area contributed by atoms with Crippen LogP contribution in [-0.4, -0.2) is 22.3 Å². The minimum absolute atomic E-state index is 0.104. The van der Waals surface area contributed by atoms with E-state index < -0.39 is 12.1 Å². The Morgan fingerprint density at radius 3 is 2.50 bits per heavy atom. The molecule has 1 aliphatic rings. The lowest BCUT2D eigenvalue weighted by Gasteiger charge is -2.22. The maximum atomic E-state index is 10.3. The van der Waals surface area contributed by atoms with Crippen molar-refractivity contribution in [3.8, 4) is 0 Å². The number of rotatable bonds is 5. The summed E-state index contributed by atoms with van der Waals surface area (Å²) in [5, 5.41) is 17.8. The van der Waals surface area contributed by atoms with Crippen molar-refractivity contribution in [3.05, 3.63) is 0 Å². The van der Waals surface area contributed by atoms with Crippen LogP contribution in [0, 0.1) is 5.92 Å². The van der Waals surface area contributed by atoms with Crippen LogP contribution in [0.15, 0.2) is 0 Å². The number of hydrogen-bond donors (Lipinski definition) is 2. The molecule has 3 heteroatoms. The van der Waals surface area contributed by atoms with Gasteiger partial charge in [0.1, 0.15) is 0 Å². The molecule has 0 unspecified atom stereocenters. The largest absolute Gasteiger partial charge is 0.481 e. The minimum Gasteiger partial charge on any atom is -0.481 e. The van der Waals surface area contributed by atoms with Gasteiger partial charge < -0.3 is 10.2 Å². The van der Waals surface area contributed by atoms with Gasteiger partial charge in [0.25, 0.3) is 0 Å². The van der Waals surface area contributed by atoms with Crippen LogP contribution in [0.4, 0.5) is 0 Å². The molecule has 1 rings (SSSR count). The molecule has 0 heterocycles. The number of aliphatic carboxylic acids is 1. The van der Waals surface area contributed by atoms with Crippen molar-refractivity contribution in [1.29, 1.82) is 0 Å². The van der Waals surface area contributed by atoms with E-state index in [1.807, 2.05) is 0 Å². The van der Waals surface area contributed by atoms with Crippen molar-refractivity contribution >= 4 is 5.97 Å². The maximum Gasteiger partial charge on any atom is 0.305 e. The van der Waals surface area contributed by atoms with Crippen molar-refractivity contribution in [1.82, 2.24) is 0 Å². The summed E-state index contributed by atoms with van der Waals surface area (Å²) in [5.41, 5.74) is 0. The first-order valence-corrected chi connectivity index (χ1v) is 5.58. The van der Waals surface area contributed by atoms with Gasteiger partial charge in [-0.1, -0.05) is 32.1 Å². The number of carboxylic acid groups (broad SMARTS) is 1. The van der Waals surface area contributed by atoms with Gasteiger partial charge in [0.05, 0.1) is 12.5 Å². The van der Waals surface area contributed by atoms with Crippen LogP contribution >= 0.6 is 0 Å². The molecule has 1 saturated carbocycles. The van der Waals surface area contributed by atoms with E-state index in [0.29, 0.717) is 6.42 Å². The fraction of sp³-hybridized carbons (Fsp3) is 0.909. The van der Waals surface area contributed by atoms with Gasteiger partial charge in [0, 0.05) is 0 Å². The first-order chi connectivity index (χ1) is 6.68. The summed E-state index contributed by atoms with van der Waals surface area (Å²) in [6.07, 6.45) is 7.38. The standard InChI is InChI=1S/C11H20O3/c12-10(8-11(13)14)7-6-9-4-2-1-3-5-9/h9-10,12H,1-8H2,(H,13,14)/t10-/m1/s1. The van der Waals surface area contributed by atoms with Gasteiger partial charge in [0.2, 0.25) is 0 Å². The van der Waals surface area contributed by atoms with Crippen molar-refractivity contribution < 1.29 is 15.0 Å². The highest BCUT2D eigenvalue weighted by Crippen LogP contribution is 2.27. The third-order valence-corrected chi connectivity index (χ3v) is 3.04. The summed E-state index contributed by atoms with van der Waals surface area (Å²) in [5.74, 6) is -0.173. The summed E-state index contributed by atoms with van der Waals surface area (Å²) in [7, 11) is 0. The molecule has 0 saturated heterocycles. The molecule has 0 aromatic rings. The maximum absolute atomic E-state index is 10.3. The van der Waals surface area contributed by atoms with Crippen LogP contribution in [0.1, 0.15) is 51.4 Å². The van der Waals surface area contributed by atoms with E-state index in [2.05, 4.69) is 0 Å². The van der Waals surface area contributed by atoms with Crippen LogP contribution in [0.25, 0.3) is 0 Å². The first kappa shape index (κ1) is 11.5. The van der Waals surface area contributed by atoms with Crippen molar-refractivity contribution in [3.63, 3.8) is 0 Å². The number of aliphatic hydroxyl groups is 1. The number of hydrogen-bond acceptors (Lipinski definition) is 2. The van der Waals surface area contributed by atoms with E-state index in [4.69, 9.17) is 5.11 Å². The smallest absolute Gasteiger partial charge is 0.305 e. The zero-order chi connectivity index (χ0) is 10.4. The van der Waals surface area contributed by atoms with Gasteiger partial charge in [-0.25, -0.2) is 0 Å². The Labute approximate surface area is 85.1 Å². The van der Waals surface area contributed by atoms with Gasteiger partial charge in [-0.3, -0.25) is 4.79 Å². The summed E-state index contributed by atoms with van der Waals surface area (Å²) < 4.78 is 0. The Hall–Kier alpha value is -0.570. The molecule has 2 N–H and O–H groups in total. The first-order valence-electron chi connectivity index (χ1n) is 5.58. The third-order valence-electron chi connectivity index (χ3n) is 3.04. The Morgan fingerprint density at radius 2 is 1.93 bits per heavy atom. The van der Waals surface area contributed by atoms with Gasteiger partial charge in [-0.05, 0) is 18.8 Å². The average Bonchev–Trinajstić information content (AvgIpc) is 2.15. The lowest BCUT2D eigenvalue weighted by molar-refractivity contribution is -0.139. The highest BCUT2D eigenvalue weighted by atomic mass is 16.4. The summed E-state index contributed by atoms with van der Waals surface area (Å²) in [6, 6.07) is 0. The van der Waals surface area contributed by atoms with E-state index >= 15 is 0 Å². The molecule has 82 valence electrons. The summed E-state index contributed by atoms with van der Waals surface area (Å²) in [4.78, 5) is 10.3. The molecule has 0 aromatic carbocycles. The van der Waals surface area contributed by atoms with Crippen molar-refractivity contribution in [2.75, 3.05) is 0 Å². The monoisotopic (exact) mass is 200 g/mol. The second-order valence-electron chi connectivity index (χ2n) is 4.33. The fourth-order valence-corrected chi connectivity index (χ4v) is 2.21. The van der Waals surface area contributed by atoms with E-state index in [9.17, 15) is 9.90 Å². The highest BCUT2D eigenvalue weighted by molar-refractivity contribution is 5.67. The van der Waals surface area contributed by atoms with E-state index in [1.54, 1.807) is 0 Å². The number of aliphatic hydroxyl groups excluding tert-OH is 1. The van der Waals surface area contributed by atoms with Gasteiger partial charge in [-0.15, -0.1) is 0 Å². The van der Waals surface area contributed by atoms with E-state index in [-0.39, 0.29) is 6.42 Å². The van der Waals surface area contributed by atoms with Gasteiger partial charge >= 0.3 is 5.97 Å². The molecule has 3 nitrogen and oxygen atoms in total. The number of carboxylic acids is 1. The van der Waals surface area contributed by atoms with E-state index in [1.165, 1.54) is 32.1 Å². The van der Waals surface area contributed by atoms with Crippen LogP contribution in [0.5, 0.6) is 0 Å². The molecule has 0 radical (unpaired) electrons. The molecule has 0 bridgehead atoms. The molecule has 1 atom stereocenters. The van der Waals surface area contributed by atoms with Crippen LogP contribution in [-0.2, 0) is 4.79 Å². The predicted molar refractivity (Wildman–Crippen MR) is 54.1 cm³/mol. The van der Waals surface area contributed by atoms with Gasteiger partial charge in [-0.2, -0.15) is 0 Å². The second-order valence-corrected chi connectivity index (χ2v) is 4.33. The SMILES string of the molecule is O=C(O)C[C@H](O)CCC1CCCCC1. The molecule has 0 aliphatic heterocycles. The van der Waals surface area contributed by atoms with Crippen LogP contribution in [0.2, 0.25) is 0 Å². The topological polar surface area (TPSA) is 57.5 Å². The minimum atomic E-state index is -0.902. The Balaban J connectivity index is 2.09. The molecule has 0 amide bonds. The highest BCUT2D eigenvalue weighted by Gasteiger charge is 2.16. The van der Waals surface area contributed by atoms with Crippen LogP contribution < -0.4 is 0 Å². The quantitative estimate of drug-likeness (QED) is 0.715. The normalized spacial score (nSPS) is 20.6. The molecular formula is C11H20O3. The Bertz CT molecular complexity index is 173. The number of carbonyl (C=O) groups is 1. The Morgan fingerprint density at radius 1 is 1.29 bits per heavy atom. The summed E-state index contributed by atoms with van der Waals surface area (Å²) >= 11 is 0. The molecule has 14 heavy (non-hydrogen) atoms. The predicted octanol–water partition coefficient (Wildman–Crippen LogP) is 2.18. The molecular weight excluding hydrogens is 180 g/mol. The zero-order valence-corrected chi connectivity index (χ0v) is 8.61. The average molecular weight is 200 g/mol. The summed E-state index contributed by atoms with van der Waals surface area (Å²) in [6.45, 7) is 0. The lowest BCUT2D eigenvalue weighted by Crippen LogP contribution is -2.15. The van der Waals surface area contributed by atoms with E-state index in [0.717, 1.165) is 12.3 Å². The van der Waals surface area contributed by atoms with Crippen molar-refractivity contribution in [2.45, 2.75) is 57.5 Å². The molecule has 1 aliphatic carbocycles. The van der Waals surface area contributed by atoms with Crippen molar-refractivity contribution in [2.24, 2.45) is 5.92 Å².